The molecular formula is C21H41NO3. The van der Waals surface area contributed by atoms with Gasteiger partial charge < -0.3 is 19.5 Å². The molecule has 0 aliphatic carbocycles. The van der Waals surface area contributed by atoms with Crippen molar-refractivity contribution in [1.29, 1.82) is 0 Å². The van der Waals surface area contributed by atoms with Crippen LogP contribution < -0.4 is 5.11 Å². The van der Waals surface area contributed by atoms with Gasteiger partial charge in [0.05, 0.1) is 21.1 Å². The molecule has 0 radical (unpaired) electrons. The zero-order valence-electron chi connectivity index (χ0n) is 17.2. The fourth-order valence-electron chi connectivity index (χ4n) is 2.32. The highest BCUT2D eigenvalue weighted by atomic mass is 16.4. The summed E-state index contributed by atoms with van der Waals surface area (Å²) in [7, 11) is 5.66. The highest BCUT2D eigenvalue weighted by Crippen LogP contribution is 2.07. The zero-order chi connectivity index (χ0) is 19.6. The Labute approximate surface area is 155 Å². The van der Waals surface area contributed by atoms with Crippen LogP contribution in [0.2, 0.25) is 0 Å². The van der Waals surface area contributed by atoms with Gasteiger partial charge in [0, 0.05) is 12.4 Å². The van der Waals surface area contributed by atoms with Crippen LogP contribution in [0, 0.1) is 0 Å². The average Bonchev–Trinajstić information content (AvgIpc) is 2.47. The van der Waals surface area contributed by atoms with Gasteiger partial charge in [-0.15, -0.1) is 0 Å². The Hall–Kier alpha value is -1.13. The molecule has 148 valence electrons. The predicted octanol–water partition coefficient (Wildman–Crippen LogP) is 3.45. The molecule has 0 spiro atoms. The first-order chi connectivity index (χ1) is 11.7. The number of carboxylic acids is 1. The molecule has 0 fully saturated rings. The van der Waals surface area contributed by atoms with Crippen molar-refractivity contribution in [2.24, 2.45) is 0 Å². The van der Waals surface area contributed by atoms with E-state index in [-0.39, 0.29) is 6.42 Å². The summed E-state index contributed by atoms with van der Waals surface area (Å²) >= 11 is 0. The molecule has 0 aromatic carbocycles. The number of carbonyl (C=O) groups is 1. The molecule has 0 rings (SSSR count). The molecule has 4 nitrogen and oxygen atoms in total. The van der Waals surface area contributed by atoms with E-state index in [0.717, 1.165) is 6.42 Å². The van der Waals surface area contributed by atoms with Crippen LogP contribution in [0.3, 0.4) is 0 Å². The number of nitrogens with zero attached hydrogens (tertiary/aromatic N) is 1. The first-order valence-electron chi connectivity index (χ1n) is 9.73. The van der Waals surface area contributed by atoms with E-state index in [1.807, 2.05) is 21.1 Å². The van der Waals surface area contributed by atoms with Gasteiger partial charge >= 0.3 is 0 Å². The van der Waals surface area contributed by atoms with Crippen LogP contribution in [0.5, 0.6) is 0 Å². The number of unbranched alkanes of at least 4 members (excludes halogenated alkanes) is 6. The van der Waals surface area contributed by atoms with Crippen LogP contribution in [0.4, 0.5) is 0 Å². The number of carbonyl (C=O) groups excluding carboxylic acids is 1. The van der Waals surface area contributed by atoms with Crippen LogP contribution in [0.15, 0.2) is 24.3 Å². The normalized spacial score (nSPS) is 13.0. The van der Waals surface area contributed by atoms with E-state index in [1.54, 1.807) is 0 Å². The van der Waals surface area contributed by atoms with E-state index < -0.39 is 12.1 Å². The molecule has 0 bridgehead atoms. The third-order valence-corrected chi connectivity index (χ3v) is 3.50. The highest BCUT2D eigenvalue weighted by molar-refractivity contribution is 5.64. The number of likely N-dealkylation sites (N-methyl/N-ethyl adjacent to an activating group) is 1. The fraction of sp³-hybridized carbons (Fsp3) is 0.762. The summed E-state index contributed by atoms with van der Waals surface area (Å²) in [5.74, 6) is -1.20. The van der Waals surface area contributed by atoms with Crippen molar-refractivity contribution in [2.75, 3.05) is 27.7 Å². The molecule has 25 heavy (non-hydrogen) atoms. The second-order valence-electron chi connectivity index (χ2n) is 7.52. The van der Waals surface area contributed by atoms with Crippen molar-refractivity contribution in [3.05, 3.63) is 24.3 Å². The van der Waals surface area contributed by atoms with Crippen LogP contribution in [-0.2, 0) is 4.79 Å². The summed E-state index contributed by atoms with van der Waals surface area (Å²) in [5, 5.41) is 19.1. The maximum absolute atomic E-state index is 10.0. The van der Waals surface area contributed by atoms with Crippen molar-refractivity contribution in [1.82, 2.24) is 0 Å². The number of hydrogen-bond donors (Lipinski definition) is 1. The number of allylic oxidation sites excluding steroid dienone is 4. The third-order valence-electron chi connectivity index (χ3n) is 3.50. The molecule has 1 N–H and O–H groups in total. The number of hydrogen-bond acceptors (Lipinski definition) is 3. The Kier molecular flexibility index (Phi) is 18.5. The topological polar surface area (TPSA) is 60.4 Å². The van der Waals surface area contributed by atoms with Crippen LogP contribution >= 0.6 is 0 Å². The van der Waals surface area contributed by atoms with Gasteiger partial charge in [-0.2, -0.15) is 0 Å². The summed E-state index contributed by atoms with van der Waals surface area (Å²) in [5.41, 5.74) is 0. The summed E-state index contributed by atoms with van der Waals surface area (Å²) in [4.78, 5) is 10.0. The average molecular weight is 356 g/mol. The molecule has 1 unspecified atom stereocenters. The first kappa shape index (κ1) is 26.1. The van der Waals surface area contributed by atoms with Crippen molar-refractivity contribution in [3.8, 4) is 0 Å². The van der Waals surface area contributed by atoms with Gasteiger partial charge in [-0.3, -0.25) is 0 Å². The second kappa shape index (κ2) is 17.7. The largest absolute Gasteiger partial charge is 0.550 e. The maximum Gasteiger partial charge on any atom is 0.108 e. The van der Waals surface area contributed by atoms with Gasteiger partial charge in [0.25, 0.3) is 0 Å². The number of rotatable bonds is 13. The summed E-state index contributed by atoms with van der Waals surface area (Å²) < 4.78 is 0.550. The Bertz CT molecular complexity index is 357. The van der Waals surface area contributed by atoms with E-state index in [2.05, 4.69) is 38.2 Å². The van der Waals surface area contributed by atoms with E-state index in [1.165, 1.54) is 44.9 Å². The second-order valence-corrected chi connectivity index (χ2v) is 7.52. The Morgan fingerprint density at radius 2 is 1.56 bits per heavy atom. The molecule has 0 heterocycles. The number of aliphatic hydroxyl groups is 1. The van der Waals surface area contributed by atoms with Crippen molar-refractivity contribution in [2.45, 2.75) is 77.7 Å². The van der Waals surface area contributed by atoms with Gasteiger partial charge in [-0.25, -0.2) is 0 Å². The number of carboxylic acid groups (broad SMARTS) is 1. The summed E-state index contributed by atoms with van der Waals surface area (Å²) in [6.45, 7) is 4.86. The van der Waals surface area contributed by atoms with Crippen molar-refractivity contribution in [3.63, 3.8) is 0 Å². The lowest BCUT2D eigenvalue weighted by Crippen LogP contribution is -2.43. The monoisotopic (exact) mass is 355 g/mol. The number of aliphatic carboxylic acids is 1. The van der Waals surface area contributed by atoms with Crippen molar-refractivity contribution >= 4 is 5.97 Å². The van der Waals surface area contributed by atoms with Crippen LogP contribution in [0.1, 0.15) is 71.6 Å². The Morgan fingerprint density at radius 1 is 1.00 bits per heavy atom. The Balaban J connectivity index is 0. The van der Waals surface area contributed by atoms with Gasteiger partial charge in [0.2, 0.25) is 0 Å². The van der Waals surface area contributed by atoms with Crippen LogP contribution in [0.25, 0.3) is 0 Å². The molecular weight excluding hydrogens is 314 g/mol. The predicted molar refractivity (Wildman–Crippen MR) is 105 cm³/mol. The molecule has 4 heteroatoms. The quantitative estimate of drug-likeness (QED) is 0.313. The lowest BCUT2D eigenvalue weighted by molar-refractivity contribution is -0.873. The summed E-state index contributed by atoms with van der Waals surface area (Å²) in [6, 6.07) is 0. The van der Waals surface area contributed by atoms with E-state index in [9.17, 15) is 9.90 Å². The minimum atomic E-state index is -1.20. The molecule has 0 saturated heterocycles. The molecule has 0 saturated carbocycles. The minimum Gasteiger partial charge on any atom is -0.550 e. The molecule has 0 aliphatic rings. The maximum atomic E-state index is 10.0. The van der Waals surface area contributed by atoms with Gasteiger partial charge in [-0.1, -0.05) is 70.3 Å². The molecule has 0 aromatic heterocycles. The van der Waals surface area contributed by atoms with Crippen molar-refractivity contribution < 1.29 is 19.5 Å². The summed E-state index contributed by atoms with van der Waals surface area (Å²) in [6.07, 6.45) is 18.5. The highest BCUT2D eigenvalue weighted by Gasteiger charge is 2.14. The SMILES string of the molecule is CCC=CC=CCCCCCCCC.C[N+](C)(C)CC(O)CC(=O)[O-]. The first-order valence-corrected chi connectivity index (χ1v) is 9.73. The molecule has 0 aromatic rings. The smallest absolute Gasteiger partial charge is 0.108 e. The van der Waals surface area contributed by atoms with Gasteiger partial charge in [-0.05, 0) is 19.3 Å². The standard InChI is InChI=1S/C14H26.C7H15NO3/c1-3-5-7-9-11-13-14-12-10-8-6-4-2;1-8(2,3)5-6(9)4-7(10)11/h5,7,9,11H,3-4,6,8,10,12-14H2,1-2H3;6,9H,4-5H2,1-3H3. The van der Waals surface area contributed by atoms with E-state index in [0.29, 0.717) is 11.0 Å². The van der Waals surface area contributed by atoms with E-state index >= 15 is 0 Å². The van der Waals surface area contributed by atoms with Gasteiger partial charge in [0.1, 0.15) is 12.6 Å². The van der Waals surface area contributed by atoms with E-state index in [4.69, 9.17) is 5.11 Å². The van der Waals surface area contributed by atoms with Gasteiger partial charge in [0.15, 0.2) is 0 Å². The third kappa shape index (κ3) is 28.0. The number of aliphatic hydroxyl groups excluding tert-OH is 1. The zero-order valence-corrected chi connectivity index (χ0v) is 17.2. The fourth-order valence-corrected chi connectivity index (χ4v) is 2.32. The number of quaternary nitrogens is 1. The van der Waals surface area contributed by atoms with Crippen LogP contribution in [-0.4, -0.2) is 49.4 Å². The lowest BCUT2D eigenvalue weighted by atomic mass is 10.1. The lowest BCUT2D eigenvalue weighted by Gasteiger charge is -2.26. The molecule has 0 amide bonds. The molecule has 1 atom stereocenters. The Morgan fingerprint density at radius 3 is 2.08 bits per heavy atom. The molecule has 0 aliphatic heterocycles. The minimum absolute atomic E-state index is 0.282.